The van der Waals surface area contributed by atoms with Gasteiger partial charge >= 0.3 is 0 Å². The van der Waals surface area contributed by atoms with Crippen molar-refractivity contribution in [2.45, 2.75) is 42.9 Å². The largest absolute Gasteiger partial charge is 0.492 e. The molecular weight excluding hydrogens is 344 g/mol. The lowest BCUT2D eigenvalue weighted by atomic mass is 10.2. The number of benzene rings is 1. The molecule has 3 rings (SSSR count). The molecule has 0 bridgehead atoms. The quantitative estimate of drug-likeness (QED) is 0.716. The fraction of sp³-hybridized carbons (Fsp3) is 0.429. The first-order valence-corrected chi connectivity index (χ1v) is 10.1. The third-order valence-electron chi connectivity index (χ3n) is 4.65. The first-order valence-electron chi connectivity index (χ1n) is 9.20. The van der Waals surface area contributed by atoms with Crippen LogP contribution < -0.4 is 4.74 Å². The third-order valence-corrected chi connectivity index (χ3v) is 6.00. The van der Waals surface area contributed by atoms with Crippen LogP contribution in [0.25, 0.3) is 0 Å². The molecule has 0 N–H and O–H groups in total. The fourth-order valence-electron chi connectivity index (χ4n) is 3.05. The summed E-state index contributed by atoms with van der Waals surface area (Å²) in [7, 11) is 1.82. The molecule has 1 aromatic carbocycles. The molecule has 1 heterocycles. The summed E-state index contributed by atoms with van der Waals surface area (Å²) in [5.74, 6) is 0.835. The molecule has 26 heavy (non-hydrogen) atoms. The van der Waals surface area contributed by atoms with Crippen LogP contribution in [-0.4, -0.2) is 41.2 Å². The van der Waals surface area contributed by atoms with Gasteiger partial charge in [0.2, 0.25) is 0 Å². The molecule has 5 heteroatoms. The van der Waals surface area contributed by atoms with Gasteiger partial charge in [-0.25, -0.2) is 4.98 Å². The zero-order chi connectivity index (χ0) is 18.4. The Balaban J connectivity index is 1.56. The van der Waals surface area contributed by atoms with Crippen molar-refractivity contribution >= 4 is 17.7 Å². The number of nitrogens with zero attached hydrogens (tertiary/aromatic N) is 2. The van der Waals surface area contributed by atoms with Crippen molar-refractivity contribution in [3.63, 3.8) is 0 Å². The minimum absolute atomic E-state index is 0.00565. The van der Waals surface area contributed by atoms with Crippen LogP contribution in [0.15, 0.2) is 47.6 Å². The number of hydrogen-bond acceptors (Lipinski definition) is 4. The van der Waals surface area contributed by atoms with Gasteiger partial charge < -0.3 is 9.64 Å². The van der Waals surface area contributed by atoms with Gasteiger partial charge in [0.05, 0.1) is 12.1 Å². The monoisotopic (exact) mass is 370 g/mol. The molecule has 1 saturated carbocycles. The first-order chi connectivity index (χ1) is 12.6. The van der Waals surface area contributed by atoms with Crippen LogP contribution in [0.1, 0.15) is 41.6 Å². The summed E-state index contributed by atoms with van der Waals surface area (Å²) < 4.78 is 5.74. The van der Waals surface area contributed by atoms with Crippen molar-refractivity contribution in [2.75, 3.05) is 20.2 Å². The lowest BCUT2D eigenvalue weighted by Crippen LogP contribution is -2.31. The van der Waals surface area contributed by atoms with Gasteiger partial charge in [-0.3, -0.25) is 4.79 Å². The summed E-state index contributed by atoms with van der Waals surface area (Å²) in [5, 5.41) is 1.45. The van der Waals surface area contributed by atoms with E-state index in [2.05, 4.69) is 4.98 Å². The minimum Gasteiger partial charge on any atom is -0.492 e. The second kappa shape index (κ2) is 9.08. The Morgan fingerprint density at radius 2 is 1.96 bits per heavy atom. The number of ether oxygens (including phenoxy) is 1. The van der Waals surface area contributed by atoms with Crippen LogP contribution in [0.3, 0.4) is 0 Å². The van der Waals surface area contributed by atoms with E-state index in [9.17, 15) is 4.79 Å². The van der Waals surface area contributed by atoms with E-state index < -0.39 is 0 Å². The Bertz CT molecular complexity index is 727. The molecule has 1 aromatic heterocycles. The average molecular weight is 371 g/mol. The number of pyridine rings is 1. The maximum absolute atomic E-state index is 12.8. The smallest absolute Gasteiger partial charge is 0.256 e. The number of amides is 1. The summed E-state index contributed by atoms with van der Waals surface area (Å²) in [6.45, 7) is 3.05. The summed E-state index contributed by atoms with van der Waals surface area (Å²) in [6, 6.07) is 11.7. The van der Waals surface area contributed by atoms with Gasteiger partial charge in [-0.1, -0.05) is 30.5 Å². The maximum Gasteiger partial charge on any atom is 0.256 e. The Morgan fingerprint density at radius 3 is 2.69 bits per heavy atom. The van der Waals surface area contributed by atoms with E-state index in [1.54, 1.807) is 22.9 Å². The molecule has 4 nitrogen and oxygen atoms in total. The molecule has 1 amide bonds. The minimum atomic E-state index is 0.00565. The molecular formula is C21H26N2O2S. The number of rotatable bonds is 7. The van der Waals surface area contributed by atoms with Crippen LogP contribution >= 0.6 is 11.8 Å². The van der Waals surface area contributed by atoms with Gasteiger partial charge in [0.25, 0.3) is 5.91 Å². The highest BCUT2D eigenvalue weighted by atomic mass is 32.2. The molecule has 138 valence electrons. The van der Waals surface area contributed by atoms with Crippen molar-refractivity contribution < 1.29 is 9.53 Å². The molecule has 0 atom stereocenters. The highest BCUT2D eigenvalue weighted by Gasteiger charge is 2.22. The summed E-state index contributed by atoms with van der Waals surface area (Å²) >= 11 is 1.76. The Hall–Kier alpha value is -2.01. The van der Waals surface area contributed by atoms with Gasteiger partial charge in [0.15, 0.2) is 0 Å². The number of thioether (sulfide) groups is 1. The number of carbonyl (C=O) groups is 1. The fourth-order valence-corrected chi connectivity index (χ4v) is 4.34. The number of carbonyl (C=O) groups excluding carboxylic acids is 1. The molecule has 2 aromatic rings. The van der Waals surface area contributed by atoms with E-state index in [0.29, 0.717) is 24.0 Å². The Morgan fingerprint density at radius 1 is 1.23 bits per heavy atom. The number of likely N-dealkylation sites (N-methyl/N-ethyl adjacent to an activating group) is 1. The van der Waals surface area contributed by atoms with Crippen molar-refractivity contribution in [1.29, 1.82) is 0 Å². The van der Waals surface area contributed by atoms with Gasteiger partial charge in [0.1, 0.15) is 17.4 Å². The average Bonchev–Trinajstić information content (AvgIpc) is 3.16. The summed E-state index contributed by atoms with van der Waals surface area (Å²) in [5.41, 5.74) is 1.90. The van der Waals surface area contributed by atoms with Gasteiger partial charge in [0, 0.05) is 18.5 Å². The van der Waals surface area contributed by atoms with Crippen molar-refractivity contribution in [3.8, 4) is 5.75 Å². The van der Waals surface area contributed by atoms with Gasteiger partial charge in [-0.05, 0) is 44.0 Å². The zero-order valence-electron chi connectivity index (χ0n) is 15.5. The molecule has 1 aliphatic carbocycles. The molecule has 1 aliphatic rings. The molecule has 0 unspecified atom stereocenters. The molecule has 0 saturated heterocycles. The Kier molecular flexibility index (Phi) is 6.56. The summed E-state index contributed by atoms with van der Waals surface area (Å²) in [6.07, 6.45) is 6.77. The second-order valence-corrected chi connectivity index (χ2v) is 8.06. The van der Waals surface area contributed by atoms with Gasteiger partial charge in [-0.2, -0.15) is 0 Å². The van der Waals surface area contributed by atoms with Crippen LogP contribution in [-0.2, 0) is 0 Å². The van der Waals surface area contributed by atoms with Crippen molar-refractivity contribution in [1.82, 2.24) is 9.88 Å². The van der Waals surface area contributed by atoms with Crippen LogP contribution in [0.2, 0.25) is 0 Å². The highest BCUT2D eigenvalue weighted by Crippen LogP contribution is 2.35. The zero-order valence-corrected chi connectivity index (χ0v) is 16.3. The van der Waals surface area contributed by atoms with Crippen molar-refractivity contribution in [3.05, 3.63) is 53.7 Å². The highest BCUT2D eigenvalue weighted by molar-refractivity contribution is 7.99. The van der Waals surface area contributed by atoms with Crippen LogP contribution in [0.5, 0.6) is 5.75 Å². The van der Waals surface area contributed by atoms with E-state index in [0.717, 1.165) is 10.8 Å². The molecule has 1 fully saturated rings. The maximum atomic E-state index is 12.8. The second-order valence-electron chi connectivity index (χ2n) is 6.77. The number of hydrogen-bond donors (Lipinski definition) is 0. The van der Waals surface area contributed by atoms with Crippen LogP contribution in [0.4, 0.5) is 0 Å². The van der Waals surface area contributed by atoms with Crippen LogP contribution in [0, 0.1) is 6.92 Å². The van der Waals surface area contributed by atoms with E-state index in [4.69, 9.17) is 4.74 Å². The third kappa shape index (κ3) is 5.01. The molecule has 0 radical (unpaired) electrons. The lowest BCUT2D eigenvalue weighted by Gasteiger charge is -2.19. The Labute approximate surface area is 160 Å². The van der Waals surface area contributed by atoms with E-state index >= 15 is 0 Å². The van der Waals surface area contributed by atoms with Crippen molar-refractivity contribution in [2.24, 2.45) is 0 Å². The lowest BCUT2D eigenvalue weighted by molar-refractivity contribution is 0.0769. The van der Waals surface area contributed by atoms with Gasteiger partial charge in [-0.15, -0.1) is 11.8 Å². The molecule has 0 spiro atoms. The number of aryl methyl sites for hydroxylation is 1. The predicted octanol–water partition coefficient (Wildman–Crippen LogP) is 4.58. The molecule has 0 aliphatic heterocycles. The van der Waals surface area contributed by atoms with E-state index in [1.807, 2.05) is 50.4 Å². The van der Waals surface area contributed by atoms with E-state index in [1.165, 1.54) is 31.2 Å². The van der Waals surface area contributed by atoms with E-state index in [-0.39, 0.29) is 5.91 Å². The predicted molar refractivity (Wildman–Crippen MR) is 106 cm³/mol. The topological polar surface area (TPSA) is 42.4 Å². The summed E-state index contributed by atoms with van der Waals surface area (Å²) in [4.78, 5) is 19.0. The SMILES string of the molecule is Cc1ccc(OCCN(C)C(=O)c2cccnc2SC2CCCC2)cc1. The normalized spacial score (nSPS) is 14.4. The first kappa shape index (κ1) is 18.8. The standard InChI is InChI=1S/C21H26N2O2S/c1-16-9-11-17(12-10-16)25-15-14-23(2)21(24)19-8-5-13-22-20(19)26-18-6-3-4-7-18/h5,8-13,18H,3-4,6-7,14-15H2,1-2H3. The number of aromatic nitrogens is 1.